The first kappa shape index (κ1) is 13.4. The predicted molar refractivity (Wildman–Crippen MR) is 67.0 cm³/mol. The number of nitrogens with zero attached hydrogens (tertiary/aromatic N) is 2. The molecule has 19 heavy (non-hydrogen) atoms. The van der Waals surface area contributed by atoms with Crippen LogP contribution in [0.25, 0.3) is 0 Å². The van der Waals surface area contributed by atoms with Crippen LogP contribution in [-0.2, 0) is 15.1 Å². The molecule has 0 aromatic carbocycles. The van der Waals surface area contributed by atoms with Crippen LogP contribution in [0.4, 0.5) is 4.39 Å². The maximum atomic E-state index is 12.9. The molecule has 1 aliphatic rings. The molecule has 0 spiro atoms. The van der Waals surface area contributed by atoms with Gasteiger partial charge >= 0.3 is 0 Å². The van der Waals surface area contributed by atoms with Crippen molar-refractivity contribution in [2.45, 2.75) is 12.5 Å². The summed E-state index contributed by atoms with van der Waals surface area (Å²) in [7, 11) is 1.58. The van der Waals surface area contributed by atoms with Crippen LogP contribution >= 0.6 is 0 Å². The van der Waals surface area contributed by atoms with E-state index in [1.165, 1.54) is 12.1 Å². The first-order valence-electron chi connectivity index (χ1n) is 5.81. The van der Waals surface area contributed by atoms with Crippen molar-refractivity contribution in [1.82, 2.24) is 15.6 Å². The lowest BCUT2D eigenvalue weighted by Crippen LogP contribution is -2.41. The minimum atomic E-state index is -1.04. The summed E-state index contributed by atoms with van der Waals surface area (Å²) < 4.78 is 17.7. The van der Waals surface area contributed by atoms with E-state index in [0.29, 0.717) is 24.8 Å². The predicted octanol–water partition coefficient (Wildman–Crippen LogP) is 0.158. The molecule has 7 heteroatoms. The van der Waals surface area contributed by atoms with Crippen molar-refractivity contribution >= 4 is 11.9 Å². The van der Waals surface area contributed by atoms with Crippen molar-refractivity contribution in [3.05, 3.63) is 29.8 Å². The number of rotatable bonds is 4. The summed E-state index contributed by atoms with van der Waals surface area (Å²) in [5.74, 6) is -0.349. The van der Waals surface area contributed by atoms with Gasteiger partial charge in [0.1, 0.15) is 5.82 Å². The monoisotopic (exact) mass is 266 g/mol. The normalized spacial score (nSPS) is 24.4. The zero-order valence-electron chi connectivity index (χ0n) is 10.7. The van der Waals surface area contributed by atoms with Crippen LogP contribution < -0.4 is 10.6 Å². The quantitative estimate of drug-likeness (QED) is 0.761. The molecule has 1 amide bonds. The van der Waals surface area contributed by atoms with Gasteiger partial charge in [-0.25, -0.2) is 4.39 Å². The van der Waals surface area contributed by atoms with Gasteiger partial charge in [0.25, 0.3) is 5.91 Å². The Kier molecular flexibility index (Phi) is 3.75. The Bertz CT molecular complexity index is 503. The van der Waals surface area contributed by atoms with E-state index in [-0.39, 0.29) is 5.91 Å². The topological polar surface area (TPSA) is 75.6 Å². The molecule has 1 aliphatic heterocycles. The third kappa shape index (κ3) is 2.70. The van der Waals surface area contributed by atoms with Crippen molar-refractivity contribution in [3.63, 3.8) is 0 Å². The van der Waals surface area contributed by atoms with Crippen LogP contribution in [0, 0.1) is 5.82 Å². The van der Waals surface area contributed by atoms with Gasteiger partial charge in [0.05, 0.1) is 25.0 Å². The summed E-state index contributed by atoms with van der Waals surface area (Å²) in [6, 6.07) is 2.74. The summed E-state index contributed by atoms with van der Waals surface area (Å²) in [5, 5.41) is 5.59. The molecule has 102 valence electrons. The Hall–Kier alpha value is -2.02. The number of guanidine groups is 1. The minimum Gasteiger partial charge on any atom is -0.383 e. The molecule has 0 bridgehead atoms. The van der Waals surface area contributed by atoms with E-state index < -0.39 is 11.4 Å². The van der Waals surface area contributed by atoms with Gasteiger partial charge in [-0.15, -0.1) is 0 Å². The van der Waals surface area contributed by atoms with Gasteiger partial charge in [-0.2, -0.15) is 0 Å². The van der Waals surface area contributed by atoms with Gasteiger partial charge in [0.2, 0.25) is 0 Å². The molecule has 0 radical (unpaired) electrons. The minimum absolute atomic E-state index is 0.275. The summed E-state index contributed by atoms with van der Waals surface area (Å²) in [4.78, 5) is 20.1. The SMILES string of the molecule is COCCN=C1NC(=O)C(C)(c2ccc(F)cn2)N1. The Morgan fingerprint density at radius 2 is 2.32 bits per heavy atom. The maximum absolute atomic E-state index is 12.9. The number of pyridine rings is 1. The molecule has 1 saturated heterocycles. The van der Waals surface area contributed by atoms with Crippen LogP contribution in [0.5, 0.6) is 0 Å². The van der Waals surface area contributed by atoms with Crippen molar-refractivity contribution < 1.29 is 13.9 Å². The number of hydrogen-bond acceptors (Lipinski definition) is 4. The number of nitrogens with one attached hydrogen (secondary N) is 2. The molecule has 1 aromatic rings. The third-order valence-electron chi connectivity index (χ3n) is 2.86. The highest BCUT2D eigenvalue weighted by molar-refractivity contribution is 6.08. The number of aliphatic imine (C=N–C) groups is 1. The first-order chi connectivity index (χ1) is 9.06. The molecule has 0 saturated carbocycles. The molecule has 6 nitrogen and oxygen atoms in total. The summed E-state index contributed by atoms with van der Waals surface area (Å²) in [6.07, 6.45) is 1.08. The first-order valence-corrected chi connectivity index (χ1v) is 5.81. The standard InChI is InChI=1S/C12H15FN4O2/c1-12(9-4-3-8(13)7-15-9)10(18)16-11(17-12)14-5-6-19-2/h3-4,7H,5-6H2,1-2H3,(H2,14,16,17,18). The van der Waals surface area contributed by atoms with Gasteiger partial charge < -0.3 is 10.1 Å². The lowest BCUT2D eigenvalue weighted by atomic mass is 9.98. The summed E-state index contributed by atoms with van der Waals surface area (Å²) in [5.41, 5.74) is -0.608. The fraction of sp³-hybridized carbons (Fsp3) is 0.417. The van der Waals surface area contributed by atoms with Crippen LogP contribution in [0.15, 0.2) is 23.3 Å². The van der Waals surface area contributed by atoms with Gasteiger partial charge in [-0.1, -0.05) is 0 Å². The molecule has 2 N–H and O–H groups in total. The van der Waals surface area contributed by atoms with E-state index in [1.807, 2.05) is 0 Å². The maximum Gasteiger partial charge on any atom is 0.258 e. The molecule has 0 aliphatic carbocycles. The fourth-order valence-electron chi connectivity index (χ4n) is 1.74. The average Bonchev–Trinajstić information content (AvgIpc) is 2.67. The van der Waals surface area contributed by atoms with Gasteiger partial charge in [-0.3, -0.25) is 20.1 Å². The number of amides is 1. The second-order valence-electron chi connectivity index (χ2n) is 4.29. The number of aromatic nitrogens is 1. The molecule has 1 atom stereocenters. The average molecular weight is 266 g/mol. The van der Waals surface area contributed by atoms with Crippen molar-refractivity contribution in [2.24, 2.45) is 4.99 Å². The number of halogens is 1. The lowest BCUT2D eigenvalue weighted by Gasteiger charge is -2.20. The Balaban J connectivity index is 2.18. The number of methoxy groups -OCH3 is 1. The molecular weight excluding hydrogens is 251 g/mol. The van der Waals surface area contributed by atoms with Crippen molar-refractivity contribution in [1.29, 1.82) is 0 Å². The van der Waals surface area contributed by atoms with Crippen LogP contribution in [0.1, 0.15) is 12.6 Å². The number of ether oxygens (including phenoxy) is 1. The van der Waals surface area contributed by atoms with E-state index in [1.54, 1.807) is 14.0 Å². The van der Waals surface area contributed by atoms with E-state index in [2.05, 4.69) is 20.6 Å². The zero-order valence-corrected chi connectivity index (χ0v) is 10.7. The molecule has 1 aromatic heterocycles. The Labute approximate surface area is 110 Å². The van der Waals surface area contributed by atoms with E-state index in [4.69, 9.17) is 4.74 Å². The van der Waals surface area contributed by atoms with Gasteiger partial charge in [-0.05, 0) is 19.1 Å². The Morgan fingerprint density at radius 1 is 1.53 bits per heavy atom. The summed E-state index contributed by atoms with van der Waals surface area (Å²) in [6.45, 7) is 2.57. The van der Waals surface area contributed by atoms with Crippen LogP contribution in [0.3, 0.4) is 0 Å². The van der Waals surface area contributed by atoms with E-state index in [0.717, 1.165) is 6.20 Å². The summed E-state index contributed by atoms with van der Waals surface area (Å²) >= 11 is 0. The van der Waals surface area contributed by atoms with Gasteiger partial charge in [0, 0.05) is 7.11 Å². The smallest absolute Gasteiger partial charge is 0.258 e. The van der Waals surface area contributed by atoms with Crippen LogP contribution in [0.2, 0.25) is 0 Å². The largest absolute Gasteiger partial charge is 0.383 e. The lowest BCUT2D eigenvalue weighted by molar-refractivity contribution is -0.123. The second kappa shape index (κ2) is 5.31. The molecule has 1 unspecified atom stereocenters. The van der Waals surface area contributed by atoms with E-state index in [9.17, 15) is 9.18 Å². The van der Waals surface area contributed by atoms with Crippen molar-refractivity contribution in [3.8, 4) is 0 Å². The zero-order chi connectivity index (χ0) is 13.9. The molecular formula is C12H15FN4O2. The van der Waals surface area contributed by atoms with Crippen LogP contribution in [-0.4, -0.2) is 37.1 Å². The van der Waals surface area contributed by atoms with E-state index >= 15 is 0 Å². The molecule has 2 heterocycles. The number of hydrogen-bond donors (Lipinski definition) is 2. The molecule has 2 rings (SSSR count). The van der Waals surface area contributed by atoms with Gasteiger partial charge in [0.15, 0.2) is 11.5 Å². The highest BCUT2D eigenvalue weighted by Gasteiger charge is 2.43. The number of carbonyl (C=O) groups excluding carboxylic acids is 1. The number of carbonyl (C=O) groups is 1. The second-order valence-corrected chi connectivity index (χ2v) is 4.29. The third-order valence-corrected chi connectivity index (χ3v) is 2.86. The Morgan fingerprint density at radius 3 is 2.95 bits per heavy atom. The van der Waals surface area contributed by atoms with Crippen molar-refractivity contribution in [2.75, 3.05) is 20.3 Å². The fourth-order valence-corrected chi connectivity index (χ4v) is 1.74. The highest BCUT2D eigenvalue weighted by Crippen LogP contribution is 2.22. The molecule has 1 fully saturated rings. The highest BCUT2D eigenvalue weighted by atomic mass is 19.1.